The number of anilines is 1. The molecule has 2 aromatic heterocycles. The molecule has 90 valence electrons. The minimum absolute atomic E-state index is 0.262. The van der Waals surface area contributed by atoms with Gasteiger partial charge in [0.05, 0.1) is 17.2 Å². The summed E-state index contributed by atoms with van der Waals surface area (Å²) in [6.07, 6.45) is 1.50. The van der Waals surface area contributed by atoms with Crippen molar-refractivity contribution in [2.45, 2.75) is 0 Å². The van der Waals surface area contributed by atoms with E-state index in [9.17, 15) is 4.39 Å². The van der Waals surface area contributed by atoms with E-state index in [1.807, 2.05) is 0 Å². The van der Waals surface area contributed by atoms with Crippen LogP contribution in [0.5, 0.6) is 0 Å². The van der Waals surface area contributed by atoms with Gasteiger partial charge in [-0.05, 0) is 28.1 Å². The number of aromatic nitrogens is 4. The monoisotopic (exact) mass is 307 g/mol. The molecule has 2 heterocycles. The van der Waals surface area contributed by atoms with Gasteiger partial charge in [0.1, 0.15) is 16.1 Å². The number of hydrogen-bond donors (Lipinski definition) is 2. The first-order chi connectivity index (χ1) is 8.63. The molecular formula is C11H7BrFN5. The van der Waals surface area contributed by atoms with Gasteiger partial charge in [0.2, 0.25) is 0 Å². The number of rotatable bonds is 1. The summed E-state index contributed by atoms with van der Waals surface area (Å²) in [7, 11) is 0. The van der Waals surface area contributed by atoms with Crippen molar-refractivity contribution in [3.63, 3.8) is 0 Å². The van der Waals surface area contributed by atoms with Crippen LogP contribution in [-0.2, 0) is 0 Å². The van der Waals surface area contributed by atoms with E-state index < -0.39 is 0 Å². The van der Waals surface area contributed by atoms with Crippen molar-refractivity contribution in [2.24, 2.45) is 0 Å². The van der Waals surface area contributed by atoms with Crippen LogP contribution >= 0.6 is 15.9 Å². The van der Waals surface area contributed by atoms with Crippen molar-refractivity contribution < 1.29 is 4.39 Å². The van der Waals surface area contributed by atoms with Crippen LogP contribution in [0.1, 0.15) is 0 Å². The third-order valence-corrected chi connectivity index (χ3v) is 2.82. The SMILES string of the molecule is Nc1ncc(Br)nc1-c1nc2cc(F)ccc2[nH]1. The molecule has 0 saturated carbocycles. The lowest BCUT2D eigenvalue weighted by molar-refractivity contribution is 0.629. The third-order valence-electron chi connectivity index (χ3n) is 2.44. The van der Waals surface area contributed by atoms with Gasteiger partial charge in [-0.25, -0.2) is 19.3 Å². The first-order valence-electron chi connectivity index (χ1n) is 5.07. The minimum atomic E-state index is -0.339. The van der Waals surface area contributed by atoms with E-state index in [0.29, 0.717) is 27.2 Å². The zero-order chi connectivity index (χ0) is 12.7. The summed E-state index contributed by atoms with van der Waals surface area (Å²) in [5.41, 5.74) is 7.41. The van der Waals surface area contributed by atoms with E-state index in [4.69, 9.17) is 5.73 Å². The van der Waals surface area contributed by atoms with Crippen LogP contribution < -0.4 is 5.73 Å². The second-order valence-corrected chi connectivity index (χ2v) is 4.49. The van der Waals surface area contributed by atoms with Gasteiger partial charge in [-0.3, -0.25) is 0 Å². The third kappa shape index (κ3) is 1.82. The molecule has 5 nitrogen and oxygen atoms in total. The maximum Gasteiger partial charge on any atom is 0.161 e. The Balaban J connectivity index is 2.22. The predicted molar refractivity (Wildman–Crippen MR) is 69.2 cm³/mol. The van der Waals surface area contributed by atoms with Gasteiger partial charge < -0.3 is 10.7 Å². The summed E-state index contributed by atoms with van der Waals surface area (Å²) >= 11 is 3.22. The quantitative estimate of drug-likeness (QED) is 0.724. The Morgan fingerprint density at radius 2 is 2.11 bits per heavy atom. The number of nitrogens with one attached hydrogen (secondary N) is 1. The number of fused-ring (bicyclic) bond motifs is 1. The summed E-state index contributed by atoms with van der Waals surface area (Å²) in [6, 6.07) is 4.32. The molecule has 0 aliphatic rings. The molecule has 3 rings (SSSR count). The molecule has 0 spiro atoms. The van der Waals surface area contributed by atoms with Crippen LogP contribution in [0.3, 0.4) is 0 Å². The topological polar surface area (TPSA) is 80.5 Å². The molecular weight excluding hydrogens is 301 g/mol. The lowest BCUT2D eigenvalue weighted by Gasteiger charge is -2.00. The van der Waals surface area contributed by atoms with Gasteiger partial charge in [0, 0.05) is 6.07 Å². The summed E-state index contributed by atoms with van der Waals surface area (Å²) in [5, 5.41) is 0. The summed E-state index contributed by atoms with van der Waals surface area (Å²) in [5.74, 6) is 0.383. The van der Waals surface area contributed by atoms with E-state index >= 15 is 0 Å². The highest BCUT2D eigenvalue weighted by Gasteiger charge is 2.12. The molecule has 7 heteroatoms. The number of nitrogen functional groups attached to an aromatic ring is 1. The number of nitrogens with two attached hydrogens (primary N) is 1. The number of benzene rings is 1. The minimum Gasteiger partial charge on any atom is -0.382 e. The fourth-order valence-electron chi connectivity index (χ4n) is 1.64. The number of aromatic amines is 1. The van der Waals surface area contributed by atoms with Crippen molar-refractivity contribution in [1.29, 1.82) is 0 Å². The maximum absolute atomic E-state index is 13.1. The van der Waals surface area contributed by atoms with Crippen LogP contribution in [0, 0.1) is 5.82 Å². The van der Waals surface area contributed by atoms with Crippen LogP contribution in [0.25, 0.3) is 22.6 Å². The lowest BCUT2D eigenvalue weighted by Crippen LogP contribution is -1.98. The Kier molecular flexibility index (Phi) is 2.48. The maximum atomic E-state index is 13.1. The van der Waals surface area contributed by atoms with Gasteiger partial charge >= 0.3 is 0 Å². The molecule has 0 amide bonds. The van der Waals surface area contributed by atoms with Crippen LogP contribution in [-0.4, -0.2) is 19.9 Å². The molecule has 0 atom stereocenters. The van der Waals surface area contributed by atoms with Crippen molar-refractivity contribution in [3.05, 3.63) is 34.8 Å². The zero-order valence-corrected chi connectivity index (χ0v) is 10.6. The van der Waals surface area contributed by atoms with E-state index in [2.05, 4.69) is 35.9 Å². The molecule has 0 saturated heterocycles. The highest BCUT2D eigenvalue weighted by Crippen LogP contribution is 2.24. The Morgan fingerprint density at radius 1 is 1.28 bits per heavy atom. The summed E-state index contributed by atoms with van der Waals surface area (Å²) < 4.78 is 13.6. The van der Waals surface area contributed by atoms with Gasteiger partial charge in [-0.2, -0.15) is 0 Å². The van der Waals surface area contributed by atoms with Gasteiger partial charge in [0.25, 0.3) is 0 Å². The summed E-state index contributed by atoms with van der Waals surface area (Å²) in [4.78, 5) is 15.5. The van der Waals surface area contributed by atoms with E-state index in [1.54, 1.807) is 6.07 Å². The smallest absolute Gasteiger partial charge is 0.161 e. The second-order valence-electron chi connectivity index (χ2n) is 3.67. The van der Waals surface area contributed by atoms with Crippen LogP contribution in [0.2, 0.25) is 0 Å². The molecule has 0 fully saturated rings. The molecule has 3 N–H and O–H groups in total. The largest absolute Gasteiger partial charge is 0.382 e. The Labute approximate surface area is 109 Å². The first kappa shape index (κ1) is 11.1. The Morgan fingerprint density at radius 3 is 2.94 bits per heavy atom. The van der Waals surface area contributed by atoms with Crippen molar-refractivity contribution >= 4 is 32.8 Å². The fraction of sp³-hybridized carbons (Fsp3) is 0. The highest BCUT2D eigenvalue weighted by atomic mass is 79.9. The predicted octanol–water partition coefficient (Wildman–Crippen LogP) is 2.50. The molecule has 0 unspecified atom stereocenters. The zero-order valence-electron chi connectivity index (χ0n) is 8.98. The number of nitrogens with zero attached hydrogens (tertiary/aromatic N) is 3. The number of halogens is 2. The Bertz CT molecular complexity index is 739. The molecule has 3 aromatic rings. The van der Waals surface area contributed by atoms with Crippen LogP contribution in [0.4, 0.5) is 10.2 Å². The van der Waals surface area contributed by atoms with Gasteiger partial charge in [-0.15, -0.1) is 0 Å². The van der Waals surface area contributed by atoms with Gasteiger partial charge in [-0.1, -0.05) is 0 Å². The van der Waals surface area contributed by atoms with Crippen molar-refractivity contribution in [2.75, 3.05) is 5.73 Å². The molecule has 0 radical (unpaired) electrons. The van der Waals surface area contributed by atoms with E-state index in [1.165, 1.54) is 18.3 Å². The first-order valence-corrected chi connectivity index (χ1v) is 5.86. The average Bonchev–Trinajstić information content (AvgIpc) is 2.74. The molecule has 18 heavy (non-hydrogen) atoms. The fourth-order valence-corrected chi connectivity index (χ4v) is 1.92. The molecule has 1 aromatic carbocycles. The van der Waals surface area contributed by atoms with Gasteiger partial charge in [0.15, 0.2) is 11.6 Å². The molecule has 0 aliphatic heterocycles. The number of imidazole rings is 1. The standard InChI is InChI=1S/C11H7BrFN5/c12-8-4-15-10(14)9(18-8)11-16-6-2-1-5(13)3-7(6)17-11/h1-4H,(H2,14,15)(H,16,17). The molecule has 0 aliphatic carbocycles. The Hall–Kier alpha value is -2.02. The lowest BCUT2D eigenvalue weighted by atomic mass is 10.3. The van der Waals surface area contributed by atoms with E-state index in [0.717, 1.165) is 0 Å². The summed E-state index contributed by atoms with van der Waals surface area (Å²) in [6.45, 7) is 0. The van der Waals surface area contributed by atoms with Crippen molar-refractivity contribution in [1.82, 2.24) is 19.9 Å². The average molecular weight is 308 g/mol. The number of hydrogen-bond acceptors (Lipinski definition) is 4. The highest BCUT2D eigenvalue weighted by molar-refractivity contribution is 9.10. The normalized spacial score (nSPS) is 11.0. The van der Waals surface area contributed by atoms with E-state index in [-0.39, 0.29) is 11.6 Å². The number of H-pyrrole nitrogens is 1. The van der Waals surface area contributed by atoms with Crippen molar-refractivity contribution in [3.8, 4) is 11.5 Å². The van der Waals surface area contributed by atoms with Crippen LogP contribution in [0.15, 0.2) is 29.0 Å². The second kappa shape index (κ2) is 4.02. The molecule has 0 bridgehead atoms.